The van der Waals surface area contributed by atoms with Gasteiger partial charge < -0.3 is 5.32 Å². The Morgan fingerprint density at radius 2 is 1.26 bits per heavy atom. The van der Waals surface area contributed by atoms with Crippen LogP contribution in [0, 0.1) is 11.3 Å². The predicted molar refractivity (Wildman–Crippen MR) is 113 cm³/mol. The summed E-state index contributed by atoms with van der Waals surface area (Å²) in [6.45, 7) is 3.99. The van der Waals surface area contributed by atoms with Crippen LogP contribution in [-0.2, 0) is 9.59 Å². The third kappa shape index (κ3) is 7.23. The summed E-state index contributed by atoms with van der Waals surface area (Å²) in [6.07, 6.45) is 20.9. The van der Waals surface area contributed by atoms with Crippen molar-refractivity contribution >= 4 is 11.7 Å². The monoisotopic (exact) mass is 377 g/mol. The maximum atomic E-state index is 12.1. The van der Waals surface area contributed by atoms with Gasteiger partial charge in [-0.25, -0.2) is 0 Å². The average Bonchev–Trinajstić information content (AvgIpc) is 3.14. The van der Waals surface area contributed by atoms with E-state index in [0.29, 0.717) is 18.1 Å². The van der Waals surface area contributed by atoms with Crippen LogP contribution in [0.2, 0.25) is 0 Å². The number of ketones is 1. The minimum absolute atomic E-state index is 0.0713. The third-order valence-electron chi connectivity index (χ3n) is 7.09. The molecule has 0 saturated heterocycles. The summed E-state index contributed by atoms with van der Waals surface area (Å²) < 4.78 is 0. The molecule has 0 aromatic heterocycles. The van der Waals surface area contributed by atoms with Crippen molar-refractivity contribution in [2.45, 2.75) is 129 Å². The zero-order chi connectivity index (χ0) is 19.5. The summed E-state index contributed by atoms with van der Waals surface area (Å²) in [5.74, 6) is 1.09. The molecule has 0 heterocycles. The van der Waals surface area contributed by atoms with Crippen LogP contribution in [0.1, 0.15) is 123 Å². The molecular formula is C24H43NO2. The van der Waals surface area contributed by atoms with Crippen molar-refractivity contribution in [2.24, 2.45) is 11.3 Å². The lowest BCUT2D eigenvalue weighted by Gasteiger charge is -2.35. The number of hydrogen-bond acceptors (Lipinski definition) is 2. The maximum Gasteiger partial charge on any atom is 0.220 e. The van der Waals surface area contributed by atoms with E-state index in [9.17, 15) is 9.59 Å². The second-order valence-electron chi connectivity index (χ2n) is 9.38. The van der Waals surface area contributed by atoms with Gasteiger partial charge in [-0.3, -0.25) is 9.59 Å². The van der Waals surface area contributed by atoms with Gasteiger partial charge in [0.15, 0.2) is 0 Å². The molecule has 3 aliphatic carbocycles. The molecule has 0 aromatic rings. The van der Waals surface area contributed by atoms with E-state index in [4.69, 9.17) is 0 Å². The lowest BCUT2D eigenvalue weighted by atomic mass is 9.67. The van der Waals surface area contributed by atoms with Gasteiger partial charge in [0.25, 0.3) is 0 Å². The van der Waals surface area contributed by atoms with Gasteiger partial charge in [-0.05, 0) is 38.5 Å². The van der Waals surface area contributed by atoms with Gasteiger partial charge in [0.2, 0.25) is 5.91 Å². The van der Waals surface area contributed by atoms with Crippen LogP contribution < -0.4 is 5.32 Å². The summed E-state index contributed by atoms with van der Waals surface area (Å²) in [7, 11) is 0. The molecule has 0 radical (unpaired) electrons. The molecule has 3 aliphatic rings. The van der Waals surface area contributed by atoms with Gasteiger partial charge in [-0.15, -0.1) is 0 Å². The molecule has 1 amide bonds. The first-order chi connectivity index (χ1) is 13.1. The molecule has 3 saturated carbocycles. The molecular weight excluding hydrogens is 334 g/mol. The van der Waals surface area contributed by atoms with Crippen molar-refractivity contribution in [3.8, 4) is 0 Å². The van der Waals surface area contributed by atoms with Crippen molar-refractivity contribution in [1.82, 2.24) is 5.32 Å². The van der Waals surface area contributed by atoms with Crippen LogP contribution in [0.25, 0.3) is 0 Å². The van der Waals surface area contributed by atoms with Gasteiger partial charge >= 0.3 is 0 Å². The molecule has 3 fully saturated rings. The van der Waals surface area contributed by atoms with Crippen LogP contribution in [0.4, 0.5) is 0 Å². The number of unbranched alkanes of at least 4 members (excludes halogenated alkanes) is 12. The van der Waals surface area contributed by atoms with Crippen molar-refractivity contribution in [3.05, 3.63) is 0 Å². The summed E-state index contributed by atoms with van der Waals surface area (Å²) in [4.78, 5) is 23.9. The highest BCUT2D eigenvalue weighted by Gasteiger charge is 2.58. The number of hydrogen-bond donors (Lipinski definition) is 1. The van der Waals surface area contributed by atoms with E-state index >= 15 is 0 Å². The standard InChI is InChI=1S/C24H43NO2/c1-3-4-5-6-7-8-9-10-11-12-13-14-15-16-23(27)25-22-19-24(20(2)26)17-21(22)18-24/h21-22H,3-19H2,1-2H3,(H,25,27). The Bertz CT molecular complexity index is 453. The lowest BCUT2D eigenvalue weighted by Crippen LogP contribution is -2.38. The van der Waals surface area contributed by atoms with Crippen molar-refractivity contribution < 1.29 is 9.59 Å². The largest absolute Gasteiger partial charge is 0.353 e. The van der Waals surface area contributed by atoms with Gasteiger partial charge in [0.05, 0.1) is 0 Å². The van der Waals surface area contributed by atoms with Crippen LogP contribution in [0.15, 0.2) is 0 Å². The highest BCUT2D eigenvalue weighted by molar-refractivity contribution is 5.85. The zero-order valence-electron chi connectivity index (χ0n) is 18.0. The third-order valence-corrected chi connectivity index (χ3v) is 7.09. The zero-order valence-corrected chi connectivity index (χ0v) is 18.0. The fourth-order valence-electron chi connectivity index (χ4n) is 5.17. The Kier molecular flexibility index (Phi) is 9.86. The molecule has 0 aliphatic heterocycles. The number of fused-ring (bicyclic) bond motifs is 1. The van der Waals surface area contributed by atoms with E-state index in [1.807, 2.05) is 0 Å². The van der Waals surface area contributed by atoms with E-state index in [1.165, 1.54) is 77.0 Å². The van der Waals surface area contributed by atoms with E-state index < -0.39 is 0 Å². The Labute approximate surface area is 167 Å². The summed E-state index contributed by atoms with van der Waals surface area (Å²) in [5, 5.41) is 3.20. The second-order valence-corrected chi connectivity index (χ2v) is 9.38. The van der Waals surface area contributed by atoms with E-state index in [0.717, 1.165) is 25.7 Å². The Hall–Kier alpha value is -0.860. The van der Waals surface area contributed by atoms with E-state index in [-0.39, 0.29) is 17.4 Å². The summed E-state index contributed by atoms with van der Waals surface area (Å²) in [5.41, 5.74) is -0.0713. The van der Waals surface area contributed by atoms with Gasteiger partial charge in [-0.1, -0.05) is 84.0 Å². The minimum Gasteiger partial charge on any atom is -0.353 e. The van der Waals surface area contributed by atoms with E-state index in [1.54, 1.807) is 6.92 Å². The minimum atomic E-state index is -0.0713. The van der Waals surface area contributed by atoms with Crippen LogP contribution >= 0.6 is 0 Å². The van der Waals surface area contributed by atoms with Crippen LogP contribution in [0.5, 0.6) is 0 Å². The molecule has 156 valence electrons. The number of nitrogens with one attached hydrogen (secondary N) is 1. The highest BCUT2D eigenvalue weighted by atomic mass is 16.1. The fraction of sp³-hybridized carbons (Fsp3) is 0.917. The van der Waals surface area contributed by atoms with Crippen LogP contribution in [0.3, 0.4) is 0 Å². The predicted octanol–water partition coefficient (Wildman–Crippen LogP) is 6.34. The number of carbonyl (C=O) groups is 2. The van der Waals surface area contributed by atoms with E-state index in [2.05, 4.69) is 12.2 Å². The van der Waals surface area contributed by atoms with Gasteiger partial charge in [0, 0.05) is 17.9 Å². The Balaban J connectivity index is 1.36. The smallest absolute Gasteiger partial charge is 0.220 e. The molecule has 3 heteroatoms. The molecule has 27 heavy (non-hydrogen) atoms. The number of amides is 1. The Morgan fingerprint density at radius 3 is 1.70 bits per heavy atom. The normalized spacial score (nSPS) is 26.0. The Morgan fingerprint density at radius 1 is 0.778 bits per heavy atom. The van der Waals surface area contributed by atoms with Crippen molar-refractivity contribution in [1.29, 1.82) is 0 Å². The topological polar surface area (TPSA) is 46.2 Å². The molecule has 2 bridgehead atoms. The molecule has 1 N–H and O–H groups in total. The second kappa shape index (κ2) is 11.9. The number of carbonyl (C=O) groups excluding carboxylic acids is 2. The molecule has 0 spiro atoms. The average molecular weight is 378 g/mol. The fourth-order valence-corrected chi connectivity index (χ4v) is 5.17. The first-order valence-corrected chi connectivity index (χ1v) is 11.9. The summed E-state index contributed by atoms with van der Waals surface area (Å²) >= 11 is 0. The highest BCUT2D eigenvalue weighted by Crippen LogP contribution is 2.59. The first-order valence-electron chi connectivity index (χ1n) is 11.9. The molecule has 1 unspecified atom stereocenters. The van der Waals surface area contributed by atoms with Gasteiger partial charge in [0.1, 0.15) is 5.78 Å². The first kappa shape index (κ1) is 22.4. The molecule has 3 nitrogen and oxygen atoms in total. The van der Waals surface area contributed by atoms with Gasteiger partial charge in [-0.2, -0.15) is 0 Å². The summed E-state index contributed by atoms with van der Waals surface area (Å²) in [6, 6.07) is 0.267. The lowest BCUT2D eigenvalue weighted by molar-refractivity contribution is -0.130. The molecule has 1 atom stereocenters. The number of rotatable bonds is 16. The van der Waals surface area contributed by atoms with Crippen molar-refractivity contribution in [3.63, 3.8) is 0 Å². The van der Waals surface area contributed by atoms with Crippen LogP contribution in [-0.4, -0.2) is 17.7 Å². The molecule has 3 rings (SSSR count). The SMILES string of the molecule is CCCCCCCCCCCCCCCC(=O)NC1CC2(C(C)=O)CC1C2. The molecule has 0 aromatic carbocycles. The quantitative estimate of drug-likeness (QED) is 0.319. The van der Waals surface area contributed by atoms with Crippen molar-refractivity contribution in [2.75, 3.05) is 0 Å². The maximum absolute atomic E-state index is 12.1. The number of Topliss-reactive ketones (excluding diaryl/α,β-unsaturated/α-hetero) is 1.